The van der Waals surface area contributed by atoms with E-state index < -0.39 is 0 Å². The normalized spacial score (nSPS) is 29.0. The molecule has 1 atom stereocenters. The maximum absolute atomic E-state index is 8.85. The third-order valence-electron chi connectivity index (χ3n) is 2.83. The summed E-state index contributed by atoms with van der Waals surface area (Å²) < 4.78 is 0. The Balaban J connectivity index is 1.71. The van der Waals surface area contributed by atoms with Crippen molar-refractivity contribution in [2.24, 2.45) is 0 Å². The highest BCUT2D eigenvalue weighted by Crippen LogP contribution is 2.27. The molecule has 12 heavy (non-hydrogen) atoms. The van der Waals surface area contributed by atoms with Gasteiger partial charge in [0.1, 0.15) is 0 Å². The molecule has 0 aromatic heterocycles. The van der Waals surface area contributed by atoms with Crippen LogP contribution in [0.5, 0.6) is 0 Å². The predicted molar refractivity (Wildman–Crippen MR) is 48.1 cm³/mol. The van der Waals surface area contributed by atoms with Gasteiger partial charge in [-0.05, 0) is 25.8 Å². The van der Waals surface area contributed by atoms with E-state index >= 15 is 0 Å². The van der Waals surface area contributed by atoms with Crippen LogP contribution < -0.4 is 5.32 Å². The Bertz CT molecular complexity index is 143. The smallest absolute Gasteiger partial charge is 0.0558 e. The third-order valence-corrected chi connectivity index (χ3v) is 2.83. The standard InChI is InChI=1S/C9H18N2O/c12-6-5-11(9-1-2-9)7-8-3-4-10-8/h8-10,12H,1-7H2. The number of hydrogen-bond acceptors (Lipinski definition) is 3. The molecule has 2 aliphatic rings. The van der Waals surface area contributed by atoms with Crippen LogP contribution in [0.15, 0.2) is 0 Å². The van der Waals surface area contributed by atoms with Crippen LogP contribution in [-0.4, -0.2) is 48.3 Å². The molecule has 0 amide bonds. The molecule has 1 saturated carbocycles. The maximum Gasteiger partial charge on any atom is 0.0558 e. The first-order chi connectivity index (χ1) is 5.90. The van der Waals surface area contributed by atoms with E-state index in [1.807, 2.05) is 0 Å². The van der Waals surface area contributed by atoms with Gasteiger partial charge in [0.2, 0.25) is 0 Å². The Morgan fingerprint density at radius 2 is 2.08 bits per heavy atom. The van der Waals surface area contributed by atoms with E-state index in [2.05, 4.69) is 10.2 Å². The molecule has 2 rings (SSSR count). The van der Waals surface area contributed by atoms with Crippen molar-refractivity contribution < 1.29 is 5.11 Å². The largest absolute Gasteiger partial charge is 0.395 e. The Labute approximate surface area is 73.8 Å². The lowest BCUT2D eigenvalue weighted by molar-refractivity contribution is 0.158. The molecule has 1 aliphatic carbocycles. The van der Waals surface area contributed by atoms with Crippen LogP contribution >= 0.6 is 0 Å². The summed E-state index contributed by atoms with van der Waals surface area (Å²) in [5.41, 5.74) is 0. The summed E-state index contributed by atoms with van der Waals surface area (Å²) in [6.07, 6.45) is 3.99. The lowest BCUT2D eigenvalue weighted by atomic mass is 10.1. The molecule has 3 nitrogen and oxygen atoms in total. The molecular formula is C9H18N2O. The monoisotopic (exact) mass is 170 g/mol. The molecule has 0 spiro atoms. The summed E-state index contributed by atoms with van der Waals surface area (Å²) in [7, 11) is 0. The fourth-order valence-electron chi connectivity index (χ4n) is 1.78. The molecule has 1 unspecified atom stereocenters. The molecule has 2 N–H and O–H groups in total. The zero-order valence-electron chi connectivity index (χ0n) is 7.50. The highest BCUT2D eigenvalue weighted by atomic mass is 16.3. The van der Waals surface area contributed by atoms with E-state index in [0.29, 0.717) is 12.6 Å². The molecule has 1 saturated heterocycles. The van der Waals surface area contributed by atoms with Crippen molar-refractivity contribution in [1.82, 2.24) is 10.2 Å². The number of aliphatic hydroxyl groups is 1. The van der Waals surface area contributed by atoms with Gasteiger partial charge in [0, 0.05) is 25.2 Å². The Morgan fingerprint density at radius 3 is 2.50 bits per heavy atom. The number of aliphatic hydroxyl groups excluding tert-OH is 1. The topological polar surface area (TPSA) is 35.5 Å². The summed E-state index contributed by atoms with van der Waals surface area (Å²) >= 11 is 0. The molecule has 0 aromatic rings. The predicted octanol–water partition coefficient (Wildman–Crippen LogP) is -0.195. The minimum atomic E-state index is 0.309. The van der Waals surface area contributed by atoms with Gasteiger partial charge in [0.15, 0.2) is 0 Å². The second kappa shape index (κ2) is 3.73. The lowest BCUT2D eigenvalue weighted by Gasteiger charge is -2.33. The second-order valence-electron chi connectivity index (χ2n) is 3.89. The summed E-state index contributed by atoms with van der Waals surface area (Å²) in [4.78, 5) is 2.43. The van der Waals surface area contributed by atoms with Crippen LogP contribution in [0.2, 0.25) is 0 Å². The van der Waals surface area contributed by atoms with Crippen LogP contribution in [0, 0.1) is 0 Å². The van der Waals surface area contributed by atoms with Crippen molar-refractivity contribution in [3.63, 3.8) is 0 Å². The van der Waals surface area contributed by atoms with E-state index in [1.165, 1.54) is 25.8 Å². The van der Waals surface area contributed by atoms with E-state index in [1.54, 1.807) is 0 Å². The minimum absolute atomic E-state index is 0.309. The van der Waals surface area contributed by atoms with Crippen LogP contribution in [0.25, 0.3) is 0 Å². The fraction of sp³-hybridized carbons (Fsp3) is 1.00. The SMILES string of the molecule is OCCN(CC1CCN1)C1CC1. The van der Waals surface area contributed by atoms with Crippen molar-refractivity contribution in [2.45, 2.75) is 31.3 Å². The molecule has 0 bridgehead atoms. The van der Waals surface area contributed by atoms with Crippen LogP contribution in [0.4, 0.5) is 0 Å². The number of nitrogens with one attached hydrogen (secondary N) is 1. The first kappa shape index (κ1) is 8.48. The molecule has 2 fully saturated rings. The lowest BCUT2D eigenvalue weighted by Crippen LogP contribution is -2.51. The van der Waals surface area contributed by atoms with Crippen LogP contribution in [0.3, 0.4) is 0 Å². The van der Waals surface area contributed by atoms with Crippen molar-refractivity contribution >= 4 is 0 Å². The quantitative estimate of drug-likeness (QED) is 0.600. The maximum atomic E-state index is 8.85. The summed E-state index contributed by atoms with van der Waals surface area (Å²) in [5.74, 6) is 0. The summed E-state index contributed by atoms with van der Waals surface area (Å²) in [5, 5.41) is 12.2. The molecule has 70 valence electrons. The average Bonchev–Trinajstić information content (AvgIpc) is 2.76. The Morgan fingerprint density at radius 1 is 1.33 bits per heavy atom. The van der Waals surface area contributed by atoms with E-state index in [4.69, 9.17) is 5.11 Å². The zero-order chi connectivity index (χ0) is 8.39. The molecule has 1 aliphatic heterocycles. The number of hydrogen-bond donors (Lipinski definition) is 2. The fourth-order valence-corrected chi connectivity index (χ4v) is 1.78. The van der Waals surface area contributed by atoms with Crippen molar-refractivity contribution in [1.29, 1.82) is 0 Å². The molecule has 0 radical (unpaired) electrons. The molecule has 3 heteroatoms. The van der Waals surface area contributed by atoms with Gasteiger partial charge in [-0.3, -0.25) is 4.90 Å². The number of nitrogens with zero attached hydrogens (tertiary/aromatic N) is 1. The van der Waals surface area contributed by atoms with Gasteiger partial charge in [0.25, 0.3) is 0 Å². The Kier molecular flexibility index (Phi) is 2.63. The first-order valence-electron chi connectivity index (χ1n) is 4.98. The zero-order valence-corrected chi connectivity index (χ0v) is 7.50. The Hall–Kier alpha value is -0.120. The van der Waals surface area contributed by atoms with Gasteiger partial charge in [-0.2, -0.15) is 0 Å². The van der Waals surface area contributed by atoms with Gasteiger partial charge in [-0.1, -0.05) is 0 Å². The average molecular weight is 170 g/mol. The van der Waals surface area contributed by atoms with Gasteiger partial charge in [-0.25, -0.2) is 0 Å². The first-order valence-corrected chi connectivity index (χ1v) is 4.98. The van der Waals surface area contributed by atoms with Crippen molar-refractivity contribution in [3.05, 3.63) is 0 Å². The molecular weight excluding hydrogens is 152 g/mol. The highest BCUT2D eigenvalue weighted by Gasteiger charge is 2.31. The minimum Gasteiger partial charge on any atom is -0.395 e. The van der Waals surface area contributed by atoms with Crippen molar-refractivity contribution in [3.8, 4) is 0 Å². The van der Waals surface area contributed by atoms with Crippen LogP contribution in [-0.2, 0) is 0 Å². The molecule has 0 aromatic carbocycles. The number of rotatable bonds is 5. The van der Waals surface area contributed by atoms with E-state index in [0.717, 1.165) is 19.1 Å². The van der Waals surface area contributed by atoms with E-state index in [9.17, 15) is 0 Å². The van der Waals surface area contributed by atoms with Gasteiger partial charge in [-0.15, -0.1) is 0 Å². The summed E-state index contributed by atoms with van der Waals surface area (Å²) in [6.45, 7) is 3.50. The van der Waals surface area contributed by atoms with Gasteiger partial charge >= 0.3 is 0 Å². The summed E-state index contributed by atoms with van der Waals surface area (Å²) in [6, 6.07) is 1.50. The second-order valence-corrected chi connectivity index (χ2v) is 3.89. The van der Waals surface area contributed by atoms with E-state index in [-0.39, 0.29) is 0 Å². The van der Waals surface area contributed by atoms with Crippen molar-refractivity contribution in [2.75, 3.05) is 26.2 Å². The van der Waals surface area contributed by atoms with Gasteiger partial charge in [0.05, 0.1) is 6.61 Å². The molecule has 1 heterocycles. The van der Waals surface area contributed by atoms with Crippen LogP contribution in [0.1, 0.15) is 19.3 Å². The third kappa shape index (κ3) is 1.97. The van der Waals surface area contributed by atoms with Gasteiger partial charge < -0.3 is 10.4 Å². The highest BCUT2D eigenvalue weighted by molar-refractivity contribution is 4.89.